The van der Waals surface area contributed by atoms with Crippen LogP contribution >= 0.6 is 0 Å². The third-order valence-corrected chi connectivity index (χ3v) is 4.20. The van der Waals surface area contributed by atoms with Gasteiger partial charge >= 0.3 is 5.97 Å². The van der Waals surface area contributed by atoms with Crippen molar-refractivity contribution in [1.82, 2.24) is 20.4 Å². The molecular formula is C17H19FN4O5. The fraction of sp³-hybridized carbons (Fsp3) is 0.412. The fourth-order valence-corrected chi connectivity index (χ4v) is 2.98. The second-order valence-corrected chi connectivity index (χ2v) is 6.31. The summed E-state index contributed by atoms with van der Waals surface area (Å²) in [5, 5.41) is 15.2. The summed E-state index contributed by atoms with van der Waals surface area (Å²) in [4.78, 5) is 28.6. The average molecular weight is 378 g/mol. The third-order valence-electron chi connectivity index (χ3n) is 4.20. The molecule has 0 radical (unpaired) electrons. The quantitative estimate of drug-likeness (QED) is 0.728. The largest absolute Gasteiger partial charge is 0.480 e. The van der Waals surface area contributed by atoms with Gasteiger partial charge in [0.05, 0.1) is 6.04 Å². The summed E-state index contributed by atoms with van der Waals surface area (Å²) in [6, 6.07) is 5.47. The highest BCUT2D eigenvalue weighted by molar-refractivity contribution is 5.78. The number of nitrogens with zero attached hydrogens (tertiary/aromatic N) is 3. The molecule has 1 saturated heterocycles. The first kappa shape index (κ1) is 18.9. The van der Waals surface area contributed by atoms with Crippen LogP contribution in [0.2, 0.25) is 0 Å². The standard InChI is InChI=1S/C17H19FN4O5/c1-22-7-12(19-14(23)8-26-9-15(24)25)6-13(22)17-20-16(21-27-17)10-2-4-11(18)5-3-10/h2-5,12-13H,6-9H2,1H3,(H,19,23)(H,24,25). The molecule has 0 aliphatic carbocycles. The first-order valence-electron chi connectivity index (χ1n) is 8.31. The normalized spacial score (nSPS) is 19.9. The zero-order valence-electron chi connectivity index (χ0n) is 14.6. The number of likely N-dealkylation sites (N-methyl/N-ethyl adjacent to an activating group) is 1. The van der Waals surface area contributed by atoms with Crippen molar-refractivity contribution in [3.05, 3.63) is 36.0 Å². The number of carboxylic acid groups (broad SMARTS) is 1. The topological polar surface area (TPSA) is 118 Å². The molecule has 144 valence electrons. The van der Waals surface area contributed by atoms with Gasteiger partial charge in [0.25, 0.3) is 0 Å². The van der Waals surface area contributed by atoms with Crippen LogP contribution in [0, 0.1) is 5.82 Å². The second kappa shape index (κ2) is 8.23. The van der Waals surface area contributed by atoms with Crippen molar-refractivity contribution in [3.8, 4) is 11.4 Å². The molecule has 9 nitrogen and oxygen atoms in total. The number of ether oxygens (including phenoxy) is 1. The molecule has 2 heterocycles. The monoisotopic (exact) mass is 378 g/mol. The van der Waals surface area contributed by atoms with Crippen molar-refractivity contribution in [3.63, 3.8) is 0 Å². The summed E-state index contributed by atoms with van der Waals surface area (Å²) in [5.74, 6) is -1.07. The molecule has 1 amide bonds. The van der Waals surface area contributed by atoms with Gasteiger partial charge in [0, 0.05) is 18.2 Å². The minimum Gasteiger partial charge on any atom is -0.480 e. The van der Waals surface area contributed by atoms with Crippen molar-refractivity contribution >= 4 is 11.9 Å². The number of amides is 1. The summed E-state index contributed by atoms with van der Waals surface area (Å²) in [6.07, 6.45) is 0.562. The highest BCUT2D eigenvalue weighted by Gasteiger charge is 2.35. The maximum Gasteiger partial charge on any atom is 0.329 e. The first-order chi connectivity index (χ1) is 12.9. The smallest absolute Gasteiger partial charge is 0.329 e. The van der Waals surface area contributed by atoms with E-state index in [1.165, 1.54) is 12.1 Å². The van der Waals surface area contributed by atoms with Crippen LogP contribution in [0.1, 0.15) is 18.4 Å². The van der Waals surface area contributed by atoms with Gasteiger partial charge in [-0.2, -0.15) is 4.98 Å². The van der Waals surface area contributed by atoms with Crippen LogP contribution < -0.4 is 5.32 Å². The lowest BCUT2D eigenvalue weighted by Gasteiger charge is -2.14. The van der Waals surface area contributed by atoms with Gasteiger partial charge in [0.1, 0.15) is 19.0 Å². The van der Waals surface area contributed by atoms with Crippen LogP contribution in [0.5, 0.6) is 0 Å². The Balaban J connectivity index is 1.57. The Bertz CT molecular complexity index is 810. The lowest BCUT2D eigenvalue weighted by Crippen LogP contribution is -2.38. The molecule has 3 rings (SSSR count). The Hall–Kier alpha value is -2.85. The van der Waals surface area contributed by atoms with E-state index in [4.69, 9.17) is 14.4 Å². The predicted octanol–water partition coefficient (Wildman–Crippen LogP) is 0.838. The Morgan fingerprint density at radius 3 is 2.81 bits per heavy atom. The van der Waals surface area contributed by atoms with E-state index in [0.717, 1.165) is 0 Å². The maximum atomic E-state index is 13.0. The lowest BCUT2D eigenvalue weighted by molar-refractivity contribution is -0.143. The summed E-state index contributed by atoms with van der Waals surface area (Å²) in [7, 11) is 1.87. The van der Waals surface area contributed by atoms with Crippen LogP contribution in [0.4, 0.5) is 4.39 Å². The fourth-order valence-electron chi connectivity index (χ4n) is 2.98. The first-order valence-corrected chi connectivity index (χ1v) is 8.31. The molecule has 0 saturated carbocycles. The number of rotatable bonds is 7. The molecule has 1 aliphatic heterocycles. The number of carboxylic acids is 1. The number of carbonyl (C=O) groups excluding carboxylic acids is 1. The maximum absolute atomic E-state index is 13.0. The molecule has 0 bridgehead atoms. The van der Waals surface area contributed by atoms with Gasteiger partial charge < -0.3 is 19.7 Å². The van der Waals surface area contributed by atoms with Crippen molar-refractivity contribution in [2.24, 2.45) is 0 Å². The SMILES string of the molecule is CN1CC(NC(=O)COCC(=O)O)CC1c1nc(-c2ccc(F)cc2)no1. The van der Waals surface area contributed by atoms with Gasteiger partial charge in [0.15, 0.2) is 0 Å². The van der Waals surface area contributed by atoms with E-state index in [-0.39, 0.29) is 30.4 Å². The number of hydrogen-bond acceptors (Lipinski definition) is 7. The lowest BCUT2D eigenvalue weighted by atomic mass is 10.1. The van der Waals surface area contributed by atoms with E-state index < -0.39 is 12.6 Å². The number of carbonyl (C=O) groups is 2. The number of benzene rings is 1. The molecule has 2 N–H and O–H groups in total. The molecule has 10 heteroatoms. The predicted molar refractivity (Wildman–Crippen MR) is 90.1 cm³/mol. The molecule has 2 atom stereocenters. The summed E-state index contributed by atoms with van der Waals surface area (Å²) >= 11 is 0. The van der Waals surface area contributed by atoms with Crippen LogP contribution in [0.15, 0.2) is 28.8 Å². The van der Waals surface area contributed by atoms with E-state index in [0.29, 0.717) is 30.2 Å². The number of aromatic nitrogens is 2. The zero-order chi connectivity index (χ0) is 19.4. The Morgan fingerprint density at radius 1 is 1.37 bits per heavy atom. The molecule has 1 fully saturated rings. The van der Waals surface area contributed by atoms with E-state index in [1.807, 2.05) is 11.9 Å². The second-order valence-electron chi connectivity index (χ2n) is 6.31. The van der Waals surface area contributed by atoms with E-state index in [2.05, 4.69) is 15.5 Å². The minimum absolute atomic E-state index is 0.151. The number of aliphatic carboxylic acids is 1. The van der Waals surface area contributed by atoms with Crippen LogP contribution in [0.3, 0.4) is 0 Å². The molecule has 27 heavy (non-hydrogen) atoms. The van der Waals surface area contributed by atoms with Gasteiger partial charge in [-0.15, -0.1) is 0 Å². The molecular weight excluding hydrogens is 359 g/mol. The van der Waals surface area contributed by atoms with Gasteiger partial charge in [-0.1, -0.05) is 5.16 Å². The van der Waals surface area contributed by atoms with Crippen molar-refractivity contribution in [1.29, 1.82) is 0 Å². The molecule has 0 spiro atoms. The Labute approximate surface area is 154 Å². The van der Waals surface area contributed by atoms with E-state index >= 15 is 0 Å². The summed E-state index contributed by atoms with van der Waals surface area (Å²) in [6.45, 7) is -0.259. The van der Waals surface area contributed by atoms with Crippen LogP contribution in [-0.4, -0.2) is 64.9 Å². The number of halogens is 1. The van der Waals surface area contributed by atoms with Crippen LogP contribution in [0.25, 0.3) is 11.4 Å². The third kappa shape index (κ3) is 4.86. The number of hydrogen-bond donors (Lipinski definition) is 2. The average Bonchev–Trinajstić information content (AvgIpc) is 3.22. The minimum atomic E-state index is -1.13. The molecule has 1 aromatic carbocycles. The molecule has 1 aliphatic rings. The van der Waals surface area contributed by atoms with E-state index in [9.17, 15) is 14.0 Å². The van der Waals surface area contributed by atoms with Gasteiger partial charge in [0.2, 0.25) is 17.6 Å². The number of likely N-dealkylation sites (tertiary alicyclic amines) is 1. The van der Waals surface area contributed by atoms with Crippen molar-refractivity contribution in [2.45, 2.75) is 18.5 Å². The van der Waals surface area contributed by atoms with Crippen LogP contribution in [-0.2, 0) is 14.3 Å². The highest BCUT2D eigenvalue weighted by Crippen LogP contribution is 2.30. The Kier molecular flexibility index (Phi) is 5.77. The molecule has 2 aromatic rings. The van der Waals surface area contributed by atoms with Gasteiger partial charge in [-0.05, 0) is 37.7 Å². The Morgan fingerprint density at radius 2 is 2.11 bits per heavy atom. The van der Waals surface area contributed by atoms with E-state index in [1.54, 1.807) is 12.1 Å². The van der Waals surface area contributed by atoms with Crippen molar-refractivity contribution < 1.29 is 28.3 Å². The van der Waals surface area contributed by atoms with Crippen molar-refractivity contribution in [2.75, 3.05) is 26.8 Å². The summed E-state index contributed by atoms with van der Waals surface area (Å²) < 4.78 is 23.1. The van der Waals surface area contributed by atoms with Gasteiger partial charge in [-0.25, -0.2) is 9.18 Å². The number of nitrogens with one attached hydrogen (secondary N) is 1. The summed E-state index contributed by atoms with van der Waals surface area (Å²) in [5.41, 5.74) is 0.646. The highest BCUT2D eigenvalue weighted by atomic mass is 19.1. The molecule has 2 unspecified atom stereocenters. The molecule has 1 aromatic heterocycles. The zero-order valence-corrected chi connectivity index (χ0v) is 14.6. The van der Waals surface area contributed by atoms with Gasteiger partial charge in [-0.3, -0.25) is 9.69 Å².